The number of benzene rings is 2. The van der Waals surface area contributed by atoms with E-state index in [1.165, 1.54) is 0 Å². The van der Waals surface area contributed by atoms with Crippen molar-refractivity contribution in [1.82, 2.24) is 9.88 Å². The van der Waals surface area contributed by atoms with E-state index in [0.29, 0.717) is 62.5 Å². The number of pyridine rings is 1. The van der Waals surface area contributed by atoms with Crippen molar-refractivity contribution in [2.45, 2.75) is 32.1 Å². The lowest BCUT2D eigenvalue weighted by Crippen LogP contribution is -2.50. The Balaban J connectivity index is 1.33. The summed E-state index contributed by atoms with van der Waals surface area (Å²) in [6, 6.07) is 8.69. The third-order valence-electron chi connectivity index (χ3n) is 7.02. The van der Waals surface area contributed by atoms with Gasteiger partial charge in [-0.15, -0.1) is 0 Å². The average Bonchev–Trinajstić information content (AvgIpc) is 2.88. The summed E-state index contributed by atoms with van der Waals surface area (Å²) in [5.74, 6) is -1.64. The Morgan fingerprint density at radius 2 is 1.97 bits per heavy atom. The van der Waals surface area contributed by atoms with Crippen molar-refractivity contribution in [3.8, 4) is 11.5 Å². The number of likely N-dealkylation sites (tertiary alicyclic amines) is 1. The number of carboxylic acid groups (broad SMARTS) is 1. The fourth-order valence-electron chi connectivity index (χ4n) is 4.82. The van der Waals surface area contributed by atoms with Crippen molar-refractivity contribution in [1.29, 1.82) is 0 Å². The summed E-state index contributed by atoms with van der Waals surface area (Å²) in [7, 11) is 1.60. The molecule has 3 aromatic rings. The van der Waals surface area contributed by atoms with Crippen LogP contribution in [0.15, 0.2) is 42.6 Å². The minimum atomic E-state index is -1.03. The Bertz CT molecular complexity index is 1230. The number of fused-ring (bicyclic) bond motifs is 1. The first-order valence-corrected chi connectivity index (χ1v) is 12.3. The Labute approximate surface area is 213 Å². The van der Waals surface area contributed by atoms with Gasteiger partial charge in [-0.25, -0.2) is 8.78 Å². The summed E-state index contributed by atoms with van der Waals surface area (Å²) < 4.78 is 37.7. The molecule has 1 aliphatic heterocycles. The van der Waals surface area contributed by atoms with Crippen LogP contribution in [0.3, 0.4) is 0 Å². The van der Waals surface area contributed by atoms with Crippen LogP contribution in [0.4, 0.5) is 8.78 Å². The van der Waals surface area contributed by atoms with Gasteiger partial charge in [0.1, 0.15) is 18.2 Å². The number of carboxylic acids is 1. The van der Waals surface area contributed by atoms with Gasteiger partial charge < -0.3 is 19.4 Å². The second-order valence-electron chi connectivity index (χ2n) is 9.15. The van der Waals surface area contributed by atoms with E-state index in [4.69, 9.17) is 21.1 Å². The van der Waals surface area contributed by atoms with Crippen LogP contribution in [-0.4, -0.2) is 49.2 Å². The summed E-state index contributed by atoms with van der Waals surface area (Å²) in [5, 5.41) is 13.6. The maximum absolute atomic E-state index is 13.7. The zero-order chi connectivity index (χ0) is 25.7. The number of piperidine rings is 1. The molecule has 0 aliphatic carbocycles. The lowest BCUT2D eigenvalue weighted by molar-refractivity contribution is -0.321. The van der Waals surface area contributed by atoms with E-state index in [-0.39, 0.29) is 12.4 Å². The number of aryl methyl sites for hydroxylation is 1. The van der Waals surface area contributed by atoms with Crippen LogP contribution in [0.25, 0.3) is 10.9 Å². The number of ether oxygens (including phenoxy) is 2. The Morgan fingerprint density at radius 3 is 2.69 bits per heavy atom. The molecule has 2 heterocycles. The standard InChI is InChI=1S/C27H29ClF2N2O4/c1-35-19-5-7-24-21(16-19)20(22(28)17-31-24)3-2-8-27(26(33)34)9-11-32(12-10-27)13-14-36-25-15-18(29)4-6-23(25)30/h4-7,15-17H,2-3,8-14H2,1H3,(H,33,34)/p-1. The quantitative estimate of drug-likeness (QED) is 0.396. The van der Waals surface area contributed by atoms with Gasteiger partial charge in [0.15, 0.2) is 11.6 Å². The number of rotatable bonds is 10. The molecule has 9 heteroatoms. The number of methoxy groups -OCH3 is 1. The Hall–Kier alpha value is -2.97. The zero-order valence-corrected chi connectivity index (χ0v) is 20.8. The van der Waals surface area contributed by atoms with Gasteiger partial charge in [0, 0.05) is 35.6 Å². The monoisotopic (exact) mass is 517 g/mol. The number of hydrogen-bond acceptors (Lipinski definition) is 6. The van der Waals surface area contributed by atoms with Gasteiger partial charge in [0.05, 0.1) is 17.6 Å². The molecule has 1 saturated heterocycles. The number of carbonyl (C=O) groups excluding carboxylic acids is 1. The minimum Gasteiger partial charge on any atom is -0.550 e. The molecule has 0 unspecified atom stereocenters. The van der Waals surface area contributed by atoms with Crippen LogP contribution in [0.5, 0.6) is 11.5 Å². The van der Waals surface area contributed by atoms with E-state index in [2.05, 4.69) is 9.88 Å². The van der Waals surface area contributed by atoms with Crippen LogP contribution in [-0.2, 0) is 11.2 Å². The van der Waals surface area contributed by atoms with Crippen molar-refractivity contribution in [3.63, 3.8) is 0 Å². The van der Waals surface area contributed by atoms with E-state index in [1.54, 1.807) is 13.3 Å². The highest BCUT2D eigenvalue weighted by molar-refractivity contribution is 6.32. The molecule has 0 saturated carbocycles. The lowest BCUT2D eigenvalue weighted by Gasteiger charge is -2.42. The van der Waals surface area contributed by atoms with Crippen molar-refractivity contribution < 1.29 is 28.2 Å². The molecule has 0 amide bonds. The molecule has 1 aromatic heterocycles. The molecule has 0 spiro atoms. The predicted molar refractivity (Wildman–Crippen MR) is 131 cm³/mol. The van der Waals surface area contributed by atoms with Crippen LogP contribution in [0, 0.1) is 17.0 Å². The molecule has 0 radical (unpaired) electrons. The highest BCUT2D eigenvalue weighted by Crippen LogP contribution is 2.37. The van der Waals surface area contributed by atoms with Crippen LogP contribution in [0.2, 0.25) is 5.02 Å². The molecule has 0 atom stereocenters. The Kier molecular flexibility index (Phi) is 8.26. The highest BCUT2D eigenvalue weighted by atomic mass is 35.5. The molecule has 0 N–H and O–H groups in total. The molecule has 192 valence electrons. The fraction of sp³-hybridized carbons (Fsp3) is 0.407. The number of hydrogen-bond donors (Lipinski definition) is 0. The van der Waals surface area contributed by atoms with E-state index in [0.717, 1.165) is 34.7 Å². The van der Waals surface area contributed by atoms with E-state index in [9.17, 15) is 18.7 Å². The first-order valence-electron chi connectivity index (χ1n) is 11.9. The summed E-state index contributed by atoms with van der Waals surface area (Å²) in [5.41, 5.74) is 0.811. The molecule has 4 rings (SSSR count). The molecule has 0 bridgehead atoms. The second kappa shape index (κ2) is 11.4. The summed E-state index contributed by atoms with van der Waals surface area (Å²) in [6.07, 6.45) is 4.22. The largest absolute Gasteiger partial charge is 0.550 e. The van der Waals surface area contributed by atoms with Gasteiger partial charge in [0.25, 0.3) is 0 Å². The third-order valence-corrected chi connectivity index (χ3v) is 7.35. The van der Waals surface area contributed by atoms with Gasteiger partial charge in [0.2, 0.25) is 0 Å². The first kappa shape index (κ1) is 26.1. The smallest absolute Gasteiger partial charge is 0.165 e. The number of halogens is 3. The molecule has 36 heavy (non-hydrogen) atoms. The van der Waals surface area contributed by atoms with Crippen molar-refractivity contribution in [2.75, 3.05) is 33.4 Å². The van der Waals surface area contributed by atoms with Crippen LogP contribution < -0.4 is 14.6 Å². The second-order valence-corrected chi connectivity index (χ2v) is 9.56. The van der Waals surface area contributed by atoms with Crippen LogP contribution >= 0.6 is 11.6 Å². The molecular formula is C27H28ClF2N2O4-. The minimum absolute atomic E-state index is 0.129. The van der Waals surface area contributed by atoms with E-state index in [1.807, 2.05) is 18.2 Å². The zero-order valence-electron chi connectivity index (χ0n) is 20.1. The highest BCUT2D eigenvalue weighted by Gasteiger charge is 2.35. The van der Waals surface area contributed by atoms with E-state index >= 15 is 0 Å². The number of carbonyl (C=O) groups is 1. The van der Waals surface area contributed by atoms with Gasteiger partial charge in [-0.05, 0) is 81.1 Å². The Morgan fingerprint density at radius 1 is 1.19 bits per heavy atom. The van der Waals surface area contributed by atoms with Crippen molar-refractivity contribution in [3.05, 3.63) is 64.8 Å². The van der Waals surface area contributed by atoms with Crippen molar-refractivity contribution >= 4 is 28.5 Å². The predicted octanol–water partition coefficient (Wildman–Crippen LogP) is 4.41. The molecule has 2 aromatic carbocycles. The van der Waals surface area contributed by atoms with Gasteiger partial charge in [-0.3, -0.25) is 9.88 Å². The molecule has 1 fully saturated rings. The topological polar surface area (TPSA) is 74.7 Å². The number of nitrogens with zero attached hydrogens (tertiary/aromatic N) is 2. The van der Waals surface area contributed by atoms with Gasteiger partial charge in [-0.1, -0.05) is 11.6 Å². The first-order chi connectivity index (χ1) is 17.3. The average molecular weight is 518 g/mol. The normalized spacial score (nSPS) is 15.7. The van der Waals surface area contributed by atoms with Gasteiger partial charge >= 0.3 is 0 Å². The van der Waals surface area contributed by atoms with Crippen molar-refractivity contribution in [2.24, 2.45) is 5.41 Å². The molecule has 6 nitrogen and oxygen atoms in total. The number of aliphatic carboxylic acids is 1. The van der Waals surface area contributed by atoms with Crippen LogP contribution in [0.1, 0.15) is 31.2 Å². The number of aromatic nitrogens is 1. The summed E-state index contributed by atoms with van der Waals surface area (Å²) in [4.78, 5) is 18.6. The van der Waals surface area contributed by atoms with Gasteiger partial charge in [-0.2, -0.15) is 0 Å². The maximum atomic E-state index is 13.7. The third kappa shape index (κ3) is 5.87. The lowest BCUT2D eigenvalue weighted by atomic mass is 9.74. The molecule has 1 aliphatic rings. The summed E-state index contributed by atoms with van der Waals surface area (Å²) in [6.45, 7) is 1.77. The summed E-state index contributed by atoms with van der Waals surface area (Å²) >= 11 is 6.45. The van der Waals surface area contributed by atoms with E-state index < -0.39 is 23.0 Å². The fourth-order valence-corrected chi connectivity index (χ4v) is 5.07. The maximum Gasteiger partial charge on any atom is 0.165 e. The molecular weight excluding hydrogens is 490 g/mol. The SMILES string of the molecule is COc1ccc2ncc(Cl)c(CCCC3(C(=O)[O-])CCN(CCOc4cc(F)ccc4F)CC3)c2c1.